The first-order chi connectivity index (χ1) is 14.6. The number of nitrogens with zero attached hydrogens (tertiary/aromatic N) is 5. The van der Waals surface area contributed by atoms with E-state index in [-0.39, 0.29) is 18.4 Å². The number of aromatic nitrogens is 5. The van der Waals surface area contributed by atoms with Crippen molar-refractivity contribution in [3.05, 3.63) is 71.1 Å². The van der Waals surface area contributed by atoms with Crippen LogP contribution in [0.3, 0.4) is 0 Å². The molecule has 0 spiro atoms. The lowest BCUT2D eigenvalue weighted by Crippen LogP contribution is -2.14. The highest BCUT2D eigenvalue weighted by molar-refractivity contribution is 6.32. The van der Waals surface area contributed by atoms with Gasteiger partial charge in [0.2, 0.25) is 0 Å². The maximum absolute atomic E-state index is 12.5. The standard InChI is InChI=1S/C21H23N7O2/c1-13(2)19-14(3-7-28-8-6-23-12-28)18(11-29)25-16(19)9-15-20(26-27-21(15)30)17-10-22-4-5-24-17/h4-6,8-10,12-13,25,29H,3,7,11H2,1-2H3,(H,27,30). The molecule has 0 aliphatic carbocycles. The maximum atomic E-state index is 12.5. The second-order valence-corrected chi connectivity index (χ2v) is 7.32. The van der Waals surface area contributed by atoms with Crippen molar-refractivity contribution >= 4 is 17.7 Å². The molecule has 0 saturated carbocycles. The molecule has 30 heavy (non-hydrogen) atoms. The van der Waals surface area contributed by atoms with Crippen LogP contribution in [0.15, 0.2) is 48.0 Å². The molecule has 0 saturated heterocycles. The van der Waals surface area contributed by atoms with Gasteiger partial charge in [-0.15, -0.1) is 0 Å². The van der Waals surface area contributed by atoms with Gasteiger partial charge in [-0.2, -0.15) is 5.10 Å². The third kappa shape index (κ3) is 3.79. The van der Waals surface area contributed by atoms with Crippen LogP contribution in [-0.2, 0) is 24.4 Å². The summed E-state index contributed by atoms with van der Waals surface area (Å²) in [4.78, 5) is 28.2. The summed E-state index contributed by atoms with van der Waals surface area (Å²) in [5.41, 5.74) is 7.55. The molecule has 0 atom stereocenters. The van der Waals surface area contributed by atoms with Gasteiger partial charge < -0.3 is 14.7 Å². The van der Waals surface area contributed by atoms with E-state index in [4.69, 9.17) is 0 Å². The van der Waals surface area contributed by atoms with Crippen LogP contribution in [-0.4, -0.2) is 41.2 Å². The molecule has 4 rings (SSSR count). The van der Waals surface area contributed by atoms with Gasteiger partial charge in [-0.05, 0) is 29.5 Å². The Balaban J connectivity index is 1.74. The van der Waals surface area contributed by atoms with Crippen molar-refractivity contribution in [3.63, 3.8) is 0 Å². The summed E-state index contributed by atoms with van der Waals surface area (Å²) in [6.07, 6.45) is 12.6. The van der Waals surface area contributed by atoms with Crippen LogP contribution in [0.5, 0.6) is 0 Å². The van der Waals surface area contributed by atoms with Crippen LogP contribution in [0.4, 0.5) is 0 Å². The minimum Gasteiger partial charge on any atom is -0.390 e. The van der Waals surface area contributed by atoms with E-state index in [0.717, 1.165) is 35.5 Å². The average molecular weight is 405 g/mol. The van der Waals surface area contributed by atoms with E-state index in [0.29, 0.717) is 17.0 Å². The number of carbonyl (C=O) groups is 1. The summed E-state index contributed by atoms with van der Waals surface area (Å²) in [5, 5.41) is 14.1. The number of aromatic amines is 1. The van der Waals surface area contributed by atoms with E-state index in [1.807, 2.05) is 10.8 Å². The van der Waals surface area contributed by atoms with Crippen molar-refractivity contribution in [1.29, 1.82) is 0 Å². The molecule has 1 aliphatic heterocycles. The Morgan fingerprint density at radius 2 is 2.10 bits per heavy atom. The number of nitrogens with one attached hydrogen (secondary N) is 2. The van der Waals surface area contributed by atoms with Gasteiger partial charge >= 0.3 is 0 Å². The largest absolute Gasteiger partial charge is 0.390 e. The fourth-order valence-electron chi connectivity index (χ4n) is 3.71. The first-order valence-electron chi connectivity index (χ1n) is 9.75. The van der Waals surface area contributed by atoms with Crippen LogP contribution in [0.1, 0.15) is 48.0 Å². The summed E-state index contributed by atoms with van der Waals surface area (Å²) in [7, 11) is 0. The highest BCUT2D eigenvalue weighted by atomic mass is 16.3. The number of carbonyl (C=O) groups excluding carboxylic acids is 1. The number of amides is 1. The van der Waals surface area contributed by atoms with E-state index in [9.17, 15) is 9.90 Å². The second-order valence-electron chi connectivity index (χ2n) is 7.32. The quantitative estimate of drug-likeness (QED) is 0.517. The van der Waals surface area contributed by atoms with Crippen molar-refractivity contribution in [3.8, 4) is 0 Å². The van der Waals surface area contributed by atoms with Crippen molar-refractivity contribution < 1.29 is 9.90 Å². The highest BCUT2D eigenvalue weighted by Crippen LogP contribution is 2.30. The lowest BCUT2D eigenvalue weighted by molar-refractivity contribution is -0.116. The minimum atomic E-state index is -0.300. The van der Waals surface area contributed by atoms with Crippen LogP contribution in [0.25, 0.3) is 6.08 Å². The number of aliphatic hydroxyl groups excluding tert-OH is 1. The SMILES string of the molecule is CC(C)c1c(C=C2C(=O)NN=C2c2cnccn2)[nH]c(CO)c1CCn1ccnc1. The molecule has 3 N–H and O–H groups in total. The third-order valence-electron chi connectivity index (χ3n) is 5.04. The van der Waals surface area contributed by atoms with Crippen LogP contribution in [0.2, 0.25) is 0 Å². The van der Waals surface area contributed by atoms with Gasteiger partial charge in [0, 0.05) is 42.7 Å². The fourth-order valence-corrected chi connectivity index (χ4v) is 3.71. The molecule has 154 valence electrons. The molecular weight excluding hydrogens is 382 g/mol. The molecule has 0 unspecified atom stereocenters. The van der Waals surface area contributed by atoms with Crippen LogP contribution >= 0.6 is 0 Å². The molecule has 1 aliphatic rings. The summed E-state index contributed by atoms with van der Waals surface area (Å²) < 4.78 is 2.00. The Hall–Kier alpha value is -3.59. The number of imidazole rings is 1. The maximum Gasteiger partial charge on any atom is 0.273 e. The zero-order valence-corrected chi connectivity index (χ0v) is 16.8. The predicted octanol–water partition coefficient (Wildman–Crippen LogP) is 1.78. The molecule has 0 aromatic carbocycles. The summed E-state index contributed by atoms with van der Waals surface area (Å²) in [5.74, 6) is -0.113. The van der Waals surface area contributed by atoms with E-state index >= 15 is 0 Å². The zero-order chi connectivity index (χ0) is 21.1. The smallest absolute Gasteiger partial charge is 0.273 e. The van der Waals surface area contributed by atoms with Gasteiger partial charge in [0.15, 0.2) is 0 Å². The first kappa shape index (κ1) is 19.7. The second kappa shape index (κ2) is 8.42. The lowest BCUT2D eigenvalue weighted by Gasteiger charge is -2.11. The third-order valence-corrected chi connectivity index (χ3v) is 5.04. The normalized spacial score (nSPS) is 15.1. The topological polar surface area (TPSA) is 121 Å². The number of rotatable bonds is 7. The molecule has 1 amide bonds. The Morgan fingerprint density at radius 1 is 1.23 bits per heavy atom. The first-order valence-corrected chi connectivity index (χ1v) is 9.75. The van der Waals surface area contributed by atoms with Crippen molar-refractivity contribution in [2.75, 3.05) is 0 Å². The monoisotopic (exact) mass is 405 g/mol. The van der Waals surface area contributed by atoms with Crippen molar-refractivity contribution in [2.24, 2.45) is 5.10 Å². The summed E-state index contributed by atoms with van der Waals surface area (Å²) in [6, 6.07) is 0. The molecule has 3 aromatic heterocycles. The fraction of sp³-hybridized carbons (Fsp3) is 0.286. The van der Waals surface area contributed by atoms with Gasteiger partial charge in [0.05, 0.1) is 24.7 Å². The Bertz CT molecular complexity index is 1100. The van der Waals surface area contributed by atoms with Gasteiger partial charge in [0.1, 0.15) is 11.4 Å². The summed E-state index contributed by atoms with van der Waals surface area (Å²) in [6.45, 7) is 4.83. The average Bonchev–Trinajstić information content (AvgIpc) is 3.47. The molecule has 0 radical (unpaired) electrons. The van der Waals surface area contributed by atoms with Gasteiger partial charge in [0.25, 0.3) is 5.91 Å². The number of hydrogen-bond acceptors (Lipinski definition) is 6. The summed E-state index contributed by atoms with van der Waals surface area (Å²) >= 11 is 0. The number of hydrogen-bond donors (Lipinski definition) is 3. The van der Waals surface area contributed by atoms with E-state index in [1.165, 1.54) is 0 Å². The molecular formula is C21H23N7O2. The number of aryl methyl sites for hydroxylation is 1. The molecule has 3 aromatic rings. The van der Waals surface area contributed by atoms with Gasteiger partial charge in [-0.3, -0.25) is 14.8 Å². The Kier molecular flexibility index (Phi) is 5.53. The van der Waals surface area contributed by atoms with Crippen molar-refractivity contribution in [2.45, 2.75) is 39.3 Å². The molecule has 9 nitrogen and oxygen atoms in total. The molecule has 9 heteroatoms. The predicted molar refractivity (Wildman–Crippen MR) is 111 cm³/mol. The van der Waals surface area contributed by atoms with Crippen LogP contribution < -0.4 is 5.43 Å². The Morgan fingerprint density at radius 3 is 2.77 bits per heavy atom. The van der Waals surface area contributed by atoms with E-state index in [1.54, 1.807) is 37.2 Å². The molecule has 0 bridgehead atoms. The van der Waals surface area contributed by atoms with Crippen LogP contribution in [0, 0.1) is 0 Å². The van der Waals surface area contributed by atoms with E-state index in [2.05, 4.69) is 44.3 Å². The molecule has 0 fully saturated rings. The van der Waals surface area contributed by atoms with Crippen molar-refractivity contribution in [1.82, 2.24) is 29.9 Å². The highest BCUT2D eigenvalue weighted by Gasteiger charge is 2.27. The van der Waals surface area contributed by atoms with E-state index < -0.39 is 0 Å². The van der Waals surface area contributed by atoms with Gasteiger partial charge in [-0.25, -0.2) is 10.4 Å². The Labute approximate surface area is 173 Å². The molecule has 4 heterocycles. The number of H-pyrrole nitrogens is 1. The number of hydrazone groups is 1. The zero-order valence-electron chi connectivity index (χ0n) is 16.8. The van der Waals surface area contributed by atoms with Gasteiger partial charge in [-0.1, -0.05) is 13.8 Å². The number of aliphatic hydroxyl groups is 1. The minimum absolute atomic E-state index is 0.112. The lowest BCUT2D eigenvalue weighted by atomic mass is 9.94.